The first-order chi connectivity index (χ1) is 16.7. The van der Waals surface area contributed by atoms with Gasteiger partial charge < -0.3 is 24.7 Å². The second kappa shape index (κ2) is 9.92. The van der Waals surface area contributed by atoms with E-state index in [2.05, 4.69) is 46.6 Å². The number of halogens is 1. The van der Waals surface area contributed by atoms with Crippen molar-refractivity contribution >= 4 is 29.3 Å². The Kier molecular flexibility index (Phi) is 7.23. The summed E-state index contributed by atoms with van der Waals surface area (Å²) >= 11 is 0. The van der Waals surface area contributed by atoms with Crippen molar-refractivity contribution in [2.45, 2.75) is 38.8 Å². The van der Waals surface area contributed by atoms with Crippen molar-refractivity contribution in [2.24, 2.45) is 18.9 Å². The van der Waals surface area contributed by atoms with Crippen LogP contribution in [0.4, 0.5) is 0 Å². The van der Waals surface area contributed by atoms with Gasteiger partial charge in [0.25, 0.3) is 5.56 Å². The lowest BCUT2D eigenvalue weighted by Gasteiger charge is -2.23. The first kappa shape index (κ1) is 26.3. The van der Waals surface area contributed by atoms with E-state index in [9.17, 15) is 19.8 Å². The van der Waals surface area contributed by atoms with E-state index in [0.717, 1.165) is 47.9 Å². The van der Waals surface area contributed by atoms with Gasteiger partial charge in [0.15, 0.2) is 5.56 Å². The Morgan fingerprint density at radius 3 is 2.42 bits per heavy atom. The number of nitrogens with one attached hydrogen (secondary N) is 1. The molecule has 1 aromatic carbocycles. The molecule has 1 aliphatic heterocycles. The van der Waals surface area contributed by atoms with Crippen LogP contribution in [-0.2, 0) is 20.0 Å². The molecule has 0 amide bonds. The van der Waals surface area contributed by atoms with Crippen molar-refractivity contribution in [1.82, 2.24) is 19.4 Å². The number of hydrogen-bond donors (Lipinski definition) is 3. The lowest BCUT2D eigenvalue weighted by atomic mass is 9.99. The summed E-state index contributed by atoms with van der Waals surface area (Å²) in [5.41, 5.74) is 2.58. The van der Waals surface area contributed by atoms with Gasteiger partial charge in [-0.15, -0.1) is 12.4 Å². The number of fused-ring (bicyclic) bond motifs is 2. The Morgan fingerprint density at radius 2 is 1.83 bits per heavy atom. The second-order valence-electron chi connectivity index (χ2n) is 10.5. The molecule has 0 spiro atoms. The minimum atomic E-state index is -1.43. The van der Waals surface area contributed by atoms with E-state index in [1.807, 2.05) is 25.1 Å². The van der Waals surface area contributed by atoms with Crippen molar-refractivity contribution in [2.75, 3.05) is 27.2 Å². The van der Waals surface area contributed by atoms with Crippen LogP contribution in [-0.4, -0.2) is 68.8 Å². The summed E-state index contributed by atoms with van der Waals surface area (Å²) in [6.07, 6.45) is 2.97. The van der Waals surface area contributed by atoms with Gasteiger partial charge >= 0.3 is 5.97 Å². The summed E-state index contributed by atoms with van der Waals surface area (Å²) in [6.45, 7) is 5.04. The number of aromatic carboxylic acids is 1. The Bertz CT molecular complexity index is 1350. The molecule has 3 atom stereocenters. The van der Waals surface area contributed by atoms with Crippen molar-refractivity contribution in [3.8, 4) is 17.0 Å². The highest BCUT2D eigenvalue weighted by atomic mass is 35.5. The van der Waals surface area contributed by atoms with Crippen molar-refractivity contribution < 1.29 is 15.0 Å². The molecule has 0 bridgehead atoms. The number of hydrogen-bond acceptors (Lipinski definition) is 5. The standard InChI is InChI=1S/C27H34N4O4.ClH/c1-5-21-24(28-26(33)23(25(21)32)27(34)35)15-6-7-22-16(8-15)9-20(30(22)4)14-31-12-17-10-19(29(2)3)11-18(17)13-31;/h6-9,17-19H,5,10-14H2,1-4H3,(H,34,35)(H2,28,32,33);1H/t17-,18+,19+;. The van der Waals surface area contributed by atoms with Gasteiger partial charge in [-0.1, -0.05) is 13.0 Å². The van der Waals surface area contributed by atoms with E-state index in [1.54, 1.807) is 0 Å². The molecular formula is C27H35ClN4O4. The molecule has 194 valence electrons. The number of rotatable bonds is 6. The van der Waals surface area contributed by atoms with Crippen LogP contribution in [0.3, 0.4) is 0 Å². The number of aryl methyl sites for hydroxylation is 1. The van der Waals surface area contributed by atoms with Crippen molar-refractivity contribution in [1.29, 1.82) is 0 Å². The van der Waals surface area contributed by atoms with Gasteiger partial charge in [0.1, 0.15) is 5.75 Å². The van der Waals surface area contributed by atoms with E-state index >= 15 is 0 Å². The average Bonchev–Trinajstić information content (AvgIpc) is 3.45. The molecule has 2 fully saturated rings. The van der Waals surface area contributed by atoms with Crippen LogP contribution in [0.15, 0.2) is 29.1 Å². The number of aromatic hydroxyl groups is 1. The highest BCUT2D eigenvalue weighted by molar-refractivity contribution is 5.92. The fourth-order valence-corrected chi connectivity index (χ4v) is 6.28. The first-order valence-electron chi connectivity index (χ1n) is 12.4. The van der Waals surface area contributed by atoms with Crippen LogP contribution in [0.2, 0.25) is 0 Å². The third kappa shape index (κ3) is 4.42. The Hall–Kier alpha value is -2.81. The molecule has 3 heterocycles. The van der Waals surface area contributed by atoms with Gasteiger partial charge in [0.2, 0.25) is 0 Å². The molecule has 1 saturated carbocycles. The number of carboxylic acid groups (broad SMARTS) is 1. The quantitative estimate of drug-likeness (QED) is 0.463. The van der Waals surface area contributed by atoms with Gasteiger partial charge in [-0.3, -0.25) is 9.69 Å². The number of likely N-dealkylation sites (tertiary alicyclic amines) is 1. The molecule has 2 aliphatic rings. The van der Waals surface area contributed by atoms with E-state index in [0.29, 0.717) is 23.7 Å². The summed E-state index contributed by atoms with van der Waals surface area (Å²) in [5, 5.41) is 20.9. The molecule has 1 aliphatic carbocycles. The van der Waals surface area contributed by atoms with Gasteiger partial charge in [-0.2, -0.15) is 0 Å². The zero-order valence-electron chi connectivity index (χ0n) is 21.2. The van der Waals surface area contributed by atoms with E-state index < -0.39 is 22.8 Å². The molecule has 8 nitrogen and oxygen atoms in total. The largest absolute Gasteiger partial charge is 0.506 e. The number of nitrogens with zero attached hydrogens (tertiary/aromatic N) is 3. The molecule has 9 heteroatoms. The summed E-state index contributed by atoms with van der Waals surface area (Å²) in [7, 11) is 6.46. The van der Waals surface area contributed by atoms with Gasteiger partial charge in [-0.25, -0.2) is 4.79 Å². The molecule has 3 aromatic rings. The molecule has 0 unspecified atom stereocenters. The number of carboxylic acids is 1. The predicted molar refractivity (Wildman–Crippen MR) is 143 cm³/mol. The summed E-state index contributed by atoms with van der Waals surface area (Å²) in [6, 6.07) is 8.85. The fourth-order valence-electron chi connectivity index (χ4n) is 6.28. The van der Waals surface area contributed by atoms with Crippen LogP contribution in [0.25, 0.3) is 22.2 Å². The maximum absolute atomic E-state index is 12.4. The first-order valence-corrected chi connectivity index (χ1v) is 12.4. The van der Waals surface area contributed by atoms with Crippen molar-refractivity contribution in [3.05, 3.63) is 51.4 Å². The minimum absolute atomic E-state index is 0. The van der Waals surface area contributed by atoms with Gasteiger partial charge in [0, 0.05) is 54.9 Å². The summed E-state index contributed by atoms with van der Waals surface area (Å²) in [4.78, 5) is 31.5. The average molecular weight is 515 g/mol. The van der Waals surface area contributed by atoms with Crippen LogP contribution >= 0.6 is 12.4 Å². The number of aromatic nitrogens is 2. The number of aromatic amines is 1. The Morgan fingerprint density at radius 1 is 1.17 bits per heavy atom. The normalized spacial score (nSPS) is 21.8. The zero-order chi connectivity index (χ0) is 25.0. The monoisotopic (exact) mass is 514 g/mol. The molecule has 3 N–H and O–H groups in total. The summed E-state index contributed by atoms with van der Waals surface area (Å²) in [5.74, 6) is -0.316. The number of benzene rings is 1. The Balaban J connectivity index is 0.00000304. The predicted octanol–water partition coefficient (Wildman–Crippen LogP) is 3.69. The third-order valence-electron chi connectivity index (χ3n) is 8.21. The van der Waals surface area contributed by atoms with E-state index in [1.165, 1.54) is 18.5 Å². The van der Waals surface area contributed by atoms with E-state index in [4.69, 9.17) is 0 Å². The van der Waals surface area contributed by atoms with E-state index in [-0.39, 0.29) is 12.4 Å². The third-order valence-corrected chi connectivity index (χ3v) is 8.21. The van der Waals surface area contributed by atoms with Gasteiger partial charge in [-0.05, 0) is 69.0 Å². The zero-order valence-corrected chi connectivity index (χ0v) is 22.1. The summed E-state index contributed by atoms with van der Waals surface area (Å²) < 4.78 is 2.23. The van der Waals surface area contributed by atoms with Crippen LogP contribution in [0.1, 0.15) is 41.4 Å². The SMILES string of the molecule is CCc1c(-c2ccc3c(c2)cc(CN2C[C@H]4C[C@H](N(C)C)C[C@H]4C2)n3C)[nH]c(=O)c(C(=O)O)c1O.Cl. The molecule has 5 rings (SSSR count). The number of carbonyl (C=O) groups is 1. The number of H-pyrrole nitrogens is 1. The lowest BCUT2D eigenvalue weighted by Crippen LogP contribution is -2.29. The highest BCUT2D eigenvalue weighted by Gasteiger charge is 2.41. The molecule has 0 radical (unpaired) electrons. The maximum atomic E-state index is 12.4. The number of pyridine rings is 1. The van der Waals surface area contributed by atoms with Gasteiger partial charge in [0.05, 0.1) is 5.69 Å². The lowest BCUT2D eigenvalue weighted by molar-refractivity contribution is 0.0691. The van der Waals surface area contributed by atoms with Crippen LogP contribution < -0.4 is 5.56 Å². The minimum Gasteiger partial charge on any atom is -0.506 e. The highest BCUT2D eigenvalue weighted by Crippen LogP contribution is 2.40. The Labute approximate surface area is 216 Å². The van der Waals surface area contributed by atoms with Crippen LogP contribution in [0.5, 0.6) is 5.75 Å². The topological polar surface area (TPSA) is 102 Å². The smallest absolute Gasteiger partial charge is 0.345 e. The van der Waals surface area contributed by atoms with Crippen molar-refractivity contribution in [3.63, 3.8) is 0 Å². The fraction of sp³-hybridized carbons (Fsp3) is 0.481. The maximum Gasteiger partial charge on any atom is 0.345 e. The molecule has 2 aromatic heterocycles. The molecular weight excluding hydrogens is 480 g/mol. The second-order valence-corrected chi connectivity index (χ2v) is 10.5. The molecule has 1 saturated heterocycles. The molecule has 36 heavy (non-hydrogen) atoms. The van der Waals surface area contributed by atoms with Crippen LogP contribution in [0, 0.1) is 11.8 Å².